The highest BCUT2D eigenvalue weighted by Gasteiger charge is 2.07. The smallest absolute Gasteiger partial charge is 0.191 e. The summed E-state index contributed by atoms with van der Waals surface area (Å²) < 4.78 is 0. The van der Waals surface area contributed by atoms with Gasteiger partial charge in [0.25, 0.3) is 0 Å². The molecule has 0 bridgehead atoms. The maximum absolute atomic E-state index is 4.62. The second kappa shape index (κ2) is 10.9. The van der Waals surface area contributed by atoms with Crippen LogP contribution in [0, 0.1) is 0 Å². The Morgan fingerprint density at radius 1 is 1.16 bits per heavy atom. The molecule has 140 valence electrons. The predicted molar refractivity (Wildman–Crippen MR) is 120 cm³/mol. The molecule has 6 nitrogen and oxygen atoms in total. The molecular formula is C16H27IN6S2. The van der Waals surface area contributed by atoms with Crippen molar-refractivity contribution in [2.24, 2.45) is 4.99 Å². The zero-order valence-corrected chi connectivity index (χ0v) is 19.3. The molecule has 0 aliphatic rings. The molecule has 0 saturated carbocycles. The van der Waals surface area contributed by atoms with Gasteiger partial charge in [-0.05, 0) is 6.92 Å². The molecule has 9 heteroatoms. The van der Waals surface area contributed by atoms with Gasteiger partial charge in [-0.15, -0.1) is 46.7 Å². The lowest BCUT2D eigenvalue weighted by Gasteiger charge is -2.10. The number of rotatable bonds is 7. The van der Waals surface area contributed by atoms with E-state index < -0.39 is 0 Å². The number of nitrogens with zero attached hydrogens (tertiary/aromatic N) is 4. The highest BCUT2D eigenvalue weighted by atomic mass is 127. The van der Waals surface area contributed by atoms with Gasteiger partial charge in [0.2, 0.25) is 0 Å². The van der Waals surface area contributed by atoms with Gasteiger partial charge in [0.1, 0.15) is 0 Å². The van der Waals surface area contributed by atoms with Crippen LogP contribution in [0.3, 0.4) is 0 Å². The van der Waals surface area contributed by atoms with E-state index in [1.165, 1.54) is 0 Å². The Labute approximate surface area is 175 Å². The molecule has 0 amide bonds. The van der Waals surface area contributed by atoms with Crippen LogP contribution in [0.25, 0.3) is 0 Å². The fourth-order valence-electron chi connectivity index (χ4n) is 1.92. The lowest BCUT2D eigenvalue weighted by atomic mass is 10.2. The maximum Gasteiger partial charge on any atom is 0.191 e. The summed E-state index contributed by atoms with van der Waals surface area (Å²) in [5, 5.41) is 12.9. The molecular weight excluding hydrogens is 467 g/mol. The van der Waals surface area contributed by atoms with Crippen LogP contribution in [0.2, 0.25) is 0 Å². The monoisotopic (exact) mass is 494 g/mol. The molecule has 2 heterocycles. The fourth-order valence-corrected chi connectivity index (χ4v) is 3.50. The zero-order chi connectivity index (χ0) is 17.5. The van der Waals surface area contributed by atoms with Gasteiger partial charge in [-0.3, -0.25) is 0 Å². The van der Waals surface area contributed by atoms with Crippen molar-refractivity contribution >= 4 is 57.7 Å². The van der Waals surface area contributed by atoms with Crippen LogP contribution in [-0.2, 0) is 13.1 Å². The van der Waals surface area contributed by atoms with Gasteiger partial charge in [-0.2, -0.15) is 0 Å². The van der Waals surface area contributed by atoms with E-state index in [0.717, 1.165) is 34.0 Å². The number of guanidine groups is 1. The normalized spacial score (nSPS) is 11.4. The summed E-state index contributed by atoms with van der Waals surface area (Å²) in [6.45, 7) is 8.44. The van der Waals surface area contributed by atoms with Crippen LogP contribution in [0.1, 0.15) is 43.1 Å². The topological polar surface area (TPSA) is 65.4 Å². The van der Waals surface area contributed by atoms with Gasteiger partial charge >= 0.3 is 0 Å². The predicted octanol–water partition coefficient (Wildman–Crippen LogP) is 3.66. The number of aromatic nitrogens is 2. The first-order valence-electron chi connectivity index (χ1n) is 8.07. The molecule has 2 aromatic heterocycles. The second-order valence-corrected chi connectivity index (χ2v) is 7.62. The van der Waals surface area contributed by atoms with Crippen LogP contribution in [-0.4, -0.2) is 36.6 Å². The Hall–Kier alpha value is -0.940. The second-order valence-electron chi connectivity index (χ2n) is 5.90. The molecule has 0 aliphatic carbocycles. The van der Waals surface area contributed by atoms with E-state index in [-0.39, 0.29) is 24.0 Å². The summed E-state index contributed by atoms with van der Waals surface area (Å²) >= 11 is 3.35. The van der Waals surface area contributed by atoms with E-state index in [9.17, 15) is 0 Å². The number of nitrogens with one attached hydrogen (secondary N) is 2. The minimum absolute atomic E-state index is 0. The summed E-state index contributed by atoms with van der Waals surface area (Å²) in [6.07, 6.45) is 0. The standard InChI is InChI=1S/C16H26N6S2.HI/c1-6-17-15(18-7-12-9-23-14(20-12)11(2)3)19-8-13-10-24-16(21-13)22(4)5;/h9-11H,6-8H2,1-5H3,(H2,17,18,19);1H. The average molecular weight is 494 g/mol. The Morgan fingerprint density at radius 2 is 1.88 bits per heavy atom. The van der Waals surface area contributed by atoms with E-state index >= 15 is 0 Å². The highest BCUT2D eigenvalue weighted by molar-refractivity contribution is 14.0. The average Bonchev–Trinajstić information content (AvgIpc) is 3.19. The van der Waals surface area contributed by atoms with Crippen molar-refractivity contribution in [1.82, 2.24) is 20.6 Å². The van der Waals surface area contributed by atoms with E-state index in [0.29, 0.717) is 19.0 Å². The third-order valence-corrected chi connectivity index (χ3v) is 5.42. The molecule has 25 heavy (non-hydrogen) atoms. The molecule has 0 unspecified atom stereocenters. The van der Waals surface area contributed by atoms with Gasteiger partial charge in [0.05, 0.1) is 29.5 Å². The van der Waals surface area contributed by atoms with Crippen LogP contribution in [0.15, 0.2) is 15.8 Å². The highest BCUT2D eigenvalue weighted by Crippen LogP contribution is 2.19. The van der Waals surface area contributed by atoms with Crippen molar-refractivity contribution in [3.05, 3.63) is 27.2 Å². The van der Waals surface area contributed by atoms with Crippen LogP contribution in [0.4, 0.5) is 5.13 Å². The number of thiazole rings is 2. The van der Waals surface area contributed by atoms with Crippen molar-refractivity contribution in [1.29, 1.82) is 0 Å². The number of anilines is 1. The summed E-state index contributed by atoms with van der Waals surface area (Å²) in [4.78, 5) is 15.8. The molecule has 2 N–H and O–H groups in total. The van der Waals surface area contributed by atoms with Gasteiger partial charge in [0, 0.05) is 37.3 Å². The molecule has 0 atom stereocenters. The van der Waals surface area contributed by atoms with Crippen LogP contribution < -0.4 is 15.5 Å². The summed E-state index contributed by atoms with van der Waals surface area (Å²) in [5.41, 5.74) is 2.04. The largest absolute Gasteiger partial charge is 0.357 e. The van der Waals surface area contributed by atoms with Gasteiger partial charge in [0.15, 0.2) is 11.1 Å². The van der Waals surface area contributed by atoms with Crippen molar-refractivity contribution in [3.8, 4) is 0 Å². The SMILES string of the molecule is CCNC(=NCc1csc(C(C)C)n1)NCc1csc(N(C)C)n1.I. The number of halogens is 1. The molecule has 0 aromatic carbocycles. The number of aliphatic imine (C=N–C) groups is 1. The Kier molecular flexibility index (Phi) is 9.65. The lowest BCUT2D eigenvalue weighted by Crippen LogP contribution is -2.36. The van der Waals surface area contributed by atoms with Gasteiger partial charge < -0.3 is 15.5 Å². The van der Waals surface area contributed by atoms with Crippen LogP contribution >= 0.6 is 46.7 Å². The lowest BCUT2D eigenvalue weighted by molar-refractivity contribution is 0.796. The van der Waals surface area contributed by atoms with Crippen molar-refractivity contribution in [2.45, 2.75) is 39.8 Å². The minimum atomic E-state index is 0. The molecule has 0 radical (unpaired) electrons. The Morgan fingerprint density at radius 3 is 2.44 bits per heavy atom. The molecule has 0 aliphatic heterocycles. The van der Waals surface area contributed by atoms with E-state index in [1.807, 2.05) is 19.0 Å². The Bertz CT molecular complexity index is 665. The molecule has 0 fully saturated rings. The van der Waals surface area contributed by atoms with E-state index in [2.05, 4.69) is 57.1 Å². The number of hydrogen-bond donors (Lipinski definition) is 2. The van der Waals surface area contributed by atoms with Gasteiger partial charge in [-0.25, -0.2) is 15.0 Å². The fraction of sp³-hybridized carbons (Fsp3) is 0.562. The number of hydrogen-bond acceptors (Lipinski definition) is 6. The summed E-state index contributed by atoms with van der Waals surface area (Å²) in [5.74, 6) is 1.26. The third kappa shape index (κ3) is 7.06. The summed E-state index contributed by atoms with van der Waals surface area (Å²) in [7, 11) is 4.00. The molecule has 2 rings (SSSR count). The summed E-state index contributed by atoms with van der Waals surface area (Å²) in [6, 6.07) is 0. The third-order valence-electron chi connectivity index (χ3n) is 3.17. The zero-order valence-electron chi connectivity index (χ0n) is 15.4. The maximum atomic E-state index is 4.62. The first-order chi connectivity index (χ1) is 11.5. The quantitative estimate of drug-likeness (QED) is 0.350. The van der Waals surface area contributed by atoms with E-state index in [4.69, 9.17) is 0 Å². The van der Waals surface area contributed by atoms with E-state index in [1.54, 1.807) is 22.7 Å². The first-order valence-corrected chi connectivity index (χ1v) is 9.83. The Balaban J connectivity index is 0.00000312. The van der Waals surface area contributed by atoms with Crippen molar-refractivity contribution in [3.63, 3.8) is 0 Å². The van der Waals surface area contributed by atoms with Crippen LogP contribution in [0.5, 0.6) is 0 Å². The molecule has 0 saturated heterocycles. The minimum Gasteiger partial charge on any atom is -0.357 e. The van der Waals surface area contributed by atoms with Crippen molar-refractivity contribution < 1.29 is 0 Å². The van der Waals surface area contributed by atoms with Crippen molar-refractivity contribution in [2.75, 3.05) is 25.5 Å². The molecule has 2 aromatic rings. The molecule has 0 spiro atoms. The van der Waals surface area contributed by atoms with Gasteiger partial charge in [-0.1, -0.05) is 13.8 Å². The first kappa shape index (κ1) is 22.1.